The fourth-order valence-corrected chi connectivity index (χ4v) is 1.73. The number of nitrogens with zero attached hydrogens (tertiary/aromatic N) is 1. The molecule has 0 fully saturated rings. The molecule has 1 aromatic rings. The summed E-state index contributed by atoms with van der Waals surface area (Å²) in [6, 6.07) is 5.46. The van der Waals surface area contributed by atoms with Gasteiger partial charge >= 0.3 is 0 Å². The second kappa shape index (κ2) is 6.59. The Morgan fingerprint density at radius 3 is 2.82 bits per heavy atom. The summed E-state index contributed by atoms with van der Waals surface area (Å²) in [6.45, 7) is 2.62. The van der Waals surface area contributed by atoms with Crippen LogP contribution in [0.5, 0.6) is 0 Å². The topological polar surface area (TPSA) is 52.6 Å². The molecule has 5 heteroatoms. The lowest BCUT2D eigenvalue weighted by Gasteiger charge is -2.16. The van der Waals surface area contributed by atoms with E-state index in [-0.39, 0.29) is 19.1 Å². The molecule has 1 rings (SSSR count). The zero-order valence-electron chi connectivity index (χ0n) is 10.0. The number of carbonyl (C=O) groups excluding carboxylic acids is 1. The number of aryl methyl sites for hydroxylation is 1. The van der Waals surface area contributed by atoms with E-state index in [2.05, 4.69) is 5.32 Å². The van der Waals surface area contributed by atoms with Crippen LogP contribution in [0.2, 0.25) is 5.02 Å². The molecule has 1 aromatic carbocycles. The lowest BCUT2D eigenvalue weighted by molar-refractivity contribution is -0.117. The largest absolute Gasteiger partial charge is 0.395 e. The summed E-state index contributed by atoms with van der Waals surface area (Å²) in [5.74, 6) is -0.142. The van der Waals surface area contributed by atoms with E-state index in [0.717, 1.165) is 5.56 Å². The van der Waals surface area contributed by atoms with Gasteiger partial charge in [0.15, 0.2) is 0 Å². The highest BCUT2D eigenvalue weighted by molar-refractivity contribution is 6.33. The Hall–Kier alpha value is -1.10. The van der Waals surface area contributed by atoms with Crippen molar-refractivity contribution in [1.82, 2.24) is 4.90 Å². The van der Waals surface area contributed by atoms with Gasteiger partial charge in [0.05, 0.1) is 23.9 Å². The lowest BCUT2D eigenvalue weighted by atomic mass is 10.2. The monoisotopic (exact) mass is 256 g/mol. The molecule has 0 aliphatic carbocycles. The minimum absolute atomic E-state index is 0.0366. The molecule has 0 saturated heterocycles. The highest BCUT2D eigenvalue weighted by Crippen LogP contribution is 2.24. The number of aliphatic hydroxyl groups is 1. The lowest BCUT2D eigenvalue weighted by Crippen LogP contribution is -2.32. The van der Waals surface area contributed by atoms with E-state index in [1.54, 1.807) is 18.0 Å². The maximum Gasteiger partial charge on any atom is 0.238 e. The Balaban J connectivity index is 2.62. The SMILES string of the molecule is Cc1cccc(Cl)c1NC(=O)CN(C)CCO. The first-order chi connectivity index (χ1) is 8.04. The van der Waals surface area contributed by atoms with E-state index in [9.17, 15) is 4.79 Å². The number of anilines is 1. The van der Waals surface area contributed by atoms with Crippen LogP contribution in [0.3, 0.4) is 0 Å². The van der Waals surface area contributed by atoms with Gasteiger partial charge in [-0.05, 0) is 25.6 Å². The molecule has 0 aliphatic heterocycles. The number of hydrogen-bond donors (Lipinski definition) is 2. The maximum absolute atomic E-state index is 11.7. The number of hydrogen-bond acceptors (Lipinski definition) is 3. The van der Waals surface area contributed by atoms with Gasteiger partial charge in [-0.3, -0.25) is 9.69 Å². The Morgan fingerprint density at radius 2 is 2.24 bits per heavy atom. The van der Waals surface area contributed by atoms with Crippen molar-refractivity contribution in [1.29, 1.82) is 0 Å². The van der Waals surface area contributed by atoms with Gasteiger partial charge < -0.3 is 10.4 Å². The molecule has 1 amide bonds. The predicted octanol–water partition coefficient (Wildman–Crippen LogP) is 1.51. The van der Waals surface area contributed by atoms with Crippen molar-refractivity contribution in [3.05, 3.63) is 28.8 Å². The molecule has 0 heterocycles. The first kappa shape index (κ1) is 14.0. The summed E-state index contributed by atoms with van der Waals surface area (Å²) >= 11 is 6.00. The van der Waals surface area contributed by atoms with Gasteiger partial charge in [-0.1, -0.05) is 23.7 Å². The normalized spacial score (nSPS) is 10.6. The molecule has 0 spiro atoms. The van der Waals surface area contributed by atoms with E-state index >= 15 is 0 Å². The molecule has 17 heavy (non-hydrogen) atoms. The Kier molecular flexibility index (Phi) is 5.41. The van der Waals surface area contributed by atoms with Gasteiger partial charge in [0, 0.05) is 6.54 Å². The van der Waals surface area contributed by atoms with Crippen LogP contribution in [-0.4, -0.2) is 42.7 Å². The number of nitrogens with one attached hydrogen (secondary N) is 1. The third-order valence-electron chi connectivity index (χ3n) is 2.38. The molecule has 2 N–H and O–H groups in total. The standard InChI is InChI=1S/C12H17ClN2O2/c1-9-4-3-5-10(13)12(9)14-11(17)8-15(2)6-7-16/h3-5,16H,6-8H2,1-2H3,(H,14,17). The average molecular weight is 257 g/mol. The molecular formula is C12H17ClN2O2. The molecular weight excluding hydrogens is 240 g/mol. The van der Waals surface area contributed by atoms with Gasteiger partial charge in [-0.2, -0.15) is 0 Å². The maximum atomic E-state index is 11.7. The number of benzene rings is 1. The Morgan fingerprint density at radius 1 is 1.53 bits per heavy atom. The summed E-state index contributed by atoms with van der Waals surface area (Å²) in [4.78, 5) is 13.4. The van der Waals surface area contributed by atoms with Crippen LogP contribution >= 0.6 is 11.6 Å². The third kappa shape index (κ3) is 4.34. The molecule has 0 bridgehead atoms. The van der Waals surface area contributed by atoms with Crippen molar-refractivity contribution in [3.63, 3.8) is 0 Å². The van der Waals surface area contributed by atoms with Crippen molar-refractivity contribution in [2.75, 3.05) is 32.1 Å². The first-order valence-corrected chi connectivity index (χ1v) is 5.76. The fourth-order valence-electron chi connectivity index (χ4n) is 1.46. The Bertz CT molecular complexity index is 376. The van der Waals surface area contributed by atoms with E-state index in [4.69, 9.17) is 16.7 Å². The minimum atomic E-state index is -0.142. The zero-order chi connectivity index (χ0) is 12.8. The second-order valence-corrected chi connectivity index (χ2v) is 4.35. The van der Waals surface area contributed by atoms with Crippen molar-refractivity contribution >= 4 is 23.2 Å². The molecule has 0 radical (unpaired) electrons. The van der Waals surface area contributed by atoms with Crippen LogP contribution in [0.25, 0.3) is 0 Å². The summed E-state index contributed by atoms with van der Waals surface area (Å²) in [5.41, 5.74) is 1.58. The first-order valence-electron chi connectivity index (χ1n) is 5.39. The average Bonchev–Trinajstić information content (AvgIpc) is 2.24. The van der Waals surface area contributed by atoms with Gasteiger partial charge in [-0.25, -0.2) is 0 Å². The van der Waals surface area contributed by atoms with Crippen LogP contribution in [-0.2, 0) is 4.79 Å². The summed E-state index contributed by atoms with van der Waals surface area (Å²) in [5, 5.41) is 12.0. The number of rotatable bonds is 5. The highest BCUT2D eigenvalue weighted by Gasteiger charge is 2.10. The van der Waals surface area contributed by atoms with Gasteiger partial charge in [0.1, 0.15) is 0 Å². The van der Waals surface area contributed by atoms with E-state index in [1.165, 1.54) is 0 Å². The smallest absolute Gasteiger partial charge is 0.238 e. The number of amides is 1. The fraction of sp³-hybridized carbons (Fsp3) is 0.417. The molecule has 94 valence electrons. The van der Waals surface area contributed by atoms with Crippen molar-refractivity contribution < 1.29 is 9.90 Å². The minimum Gasteiger partial charge on any atom is -0.395 e. The third-order valence-corrected chi connectivity index (χ3v) is 2.70. The zero-order valence-corrected chi connectivity index (χ0v) is 10.8. The van der Waals surface area contributed by atoms with Crippen LogP contribution in [0, 0.1) is 6.92 Å². The molecule has 4 nitrogen and oxygen atoms in total. The van der Waals surface area contributed by atoms with Crippen LogP contribution in [0.4, 0.5) is 5.69 Å². The summed E-state index contributed by atoms with van der Waals surface area (Å²) in [6.07, 6.45) is 0. The van der Waals surface area contributed by atoms with Gasteiger partial charge in [0.2, 0.25) is 5.91 Å². The van der Waals surface area contributed by atoms with E-state index in [0.29, 0.717) is 17.3 Å². The van der Waals surface area contributed by atoms with Crippen molar-refractivity contribution in [3.8, 4) is 0 Å². The number of para-hydroxylation sites is 1. The van der Waals surface area contributed by atoms with E-state index in [1.807, 2.05) is 19.1 Å². The molecule has 0 saturated carbocycles. The number of halogens is 1. The number of carbonyl (C=O) groups is 1. The van der Waals surface area contributed by atoms with Crippen LogP contribution < -0.4 is 5.32 Å². The van der Waals surface area contributed by atoms with Crippen LogP contribution in [0.15, 0.2) is 18.2 Å². The molecule has 0 aliphatic rings. The predicted molar refractivity (Wildman–Crippen MR) is 69.4 cm³/mol. The summed E-state index contributed by atoms with van der Waals surface area (Å²) < 4.78 is 0. The Labute approximate surface area is 106 Å². The van der Waals surface area contributed by atoms with Crippen molar-refractivity contribution in [2.45, 2.75) is 6.92 Å². The summed E-state index contributed by atoms with van der Waals surface area (Å²) in [7, 11) is 1.77. The van der Waals surface area contributed by atoms with Gasteiger partial charge in [-0.15, -0.1) is 0 Å². The molecule has 0 aromatic heterocycles. The number of likely N-dealkylation sites (N-methyl/N-ethyl adjacent to an activating group) is 1. The molecule has 0 atom stereocenters. The van der Waals surface area contributed by atoms with Crippen molar-refractivity contribution in [2.24, 2.45) is 0 Å². The number of aliphatic hydroxyl groups excluding tert-OH is 1. The quantitative estimate of drug-likeness (QED) is 0.840. The van der Waals surface area contributed by atoms with Gasteiger partial charge in [0.25, 0.3) is 0 Å². The highest BCUT2D eigenvalue weighted by atomic mass is 35.5. The van der Waals surface area contributed by atoms with Crippen LogP contribution in [0.1, 0.15) is 5.56 Å². The van der Waals surface area contributed by atoms with E-state index < -0.39 is 0 Å². The molecule has 0 unspecified atom stereocenters. The second-order valence-electron chi connectivity index (χ2n) is 3.94.